The van der Waals surface area contributed by atoms with Gasteiger partial charge in [-0.15, -0.1) is 10.2 Å². The molecule has 4 rings (SSSR count). The lowest BCUT2D eigenvalue weighted by molar-refractivity contribution is 0.483. The van der Waals surface area contributed by atoms with Crippen molar-refractivity contribution in [3.8, 4) is 34.0 Å². The molecule has 0 amide bonds. The molecule has 0 radical (unpaired) electrons. The average Bonchev–Trinajstić information content (AvgIpc) is 3.23. The molecule has 4 aromatic rings. The van der Waals surface area contributed by atoms with E-state index in [2.05, 4.69) is 55.2 Å². The fourth-order valence-corrected chi connectivity index (χ4v) is 3.67. The lowest BCUT2D eigenvalue weighted by Gasteiger charge is -2.19. The largest absolute Gasteiger partial charge is 0.416 e. The molecule has 31 heavy (non-hydrogen) atoms. The van der Waals surface area contributed by atoms with Gasteiger partial charge in [-0.1, -0.05) is 57.2 Å². The average molecular weight is 435 g/mol. The van der Waals surface area contributed by atoms with Crippen LogP contribution < -0.4 is 0 Å². The maximum absolute atomic E-state index is 11.2. The van der Waals surface area contributed by atoms with Crippen LogP contribution >= 0.6 is 0 Å². The lowest BCUT2D eigenvalue weighted by Crippen LogP contribution is -2.10. The highest BCUT2D eigenvalue weighted by Crippen LogP contribution is 2.29. The van der Waals surface area contributed by atoms with Crippen molar-refractivity contribution in [1.82, 2.24) is 10.2 Å². The summed E-state index contributed by atoms with van der Waals surface area (Å²) < 4.78 is 37.2. The van der Waals surface area contributed by atoms with Crippen LogP contribution in [0.2, 0.25) is 0 Å². The van der Waals surface area contributed by atoms with Crippen LogP contribution in [0.4, 0.5) is 0 Å². The summed E-state index contributed by atoms with van der Waals surface area (Å²) in [4.78, 5) is -0.192. The fourth-order valence-electron chi connectivity index (χ4n) is 3.19. The summed E-state index contributed by atoms with van der Waals surface area (Å²) in [6, 6.07) is 22.0. The second-order valence-electron chi connectivity index (χ2n) is 8.32. The third kappa shape index (κ3) is 4.57. The number of rotatable bonds is 4. The SMILES string of the molecule is CC(C)(C)c1ccc(-c2ccc(-c3nnc(-c4ccc(S(=O)(=O)O)cc4)o3)cc2)cc1. The minimum absolute atomic E-state index is 0.116. The minimum Gasteiger partial charge on any atom is -0.416 e. The topological polar surface area (TPSA) is 93.3 Å². The lowest BCUT2D eigenvalue weighted by atomic mass is 9.86. The van der Waals surface area contributed by atoms with Gasteiger partial charge in [-0.3, -0.25) is 4.55 Å². The van der Waals surface area contributed by atoms with Gasteiger partial charge in [-0.2, -0.15) is 8.42 Å². The van der Waals surface area contributed by atoms with Gasteiger partial charge < -0.3 is 4.42 Å². The van der Waals surface area contributed by atoms with E-state index in [0.29, 0.717) is 11.5 Å². The molecule has 6 nitrogen and oxygen atoms in total. The Morgan fingerprint density at radius 1 is 0.677 bits per heavy atom. The van der Waals surface area contributed by atoms with Crippen molar-refractivity contribution in [1.29, 1.82) is 0 Å². The van der Waals surface area contributed by atoms with Crippen molar-refractivity contribution in [3.63, 3.8) is 0 Å². The van der Waals surface area contributed by atoms with Gasteiger partial charge in [0.2, 0.25) is 11.8 Å². The quantitative estimate of drug-likeness (QED) is 0.419. The van der Waals surface area contributed by atoms with Crippen LogP contribution in [0, 0.1) is 0 Å². The van der Waals surface area contributed by atoms with Crippen molar-refractivity contribution < 1.29 is 17.4 Å². The smallest absolute Gasteiger partial charge is 0.294 e. The highest BCUT2D eigenvalue weighted by molar-refractivity contribution is 7.85. The van der Waals surface area contributed by atoms with Crippen LogP contribution in [0.15, 0.2) is 82.1 Å². The number of hydrogen-bond acceptors (Lipinski definition) is 5. The number of hydrogen-bond donors (Lipinski definition) is 1. The van der Waals surface area contributed by atoms with Gasteiger partial charge in [0.25, 0.3) is 10.1 Å². The normalized spacial score (nSPS) is 12.1. The maximum Gasteiger partial charge on any atom is 0.294 e. The summed E-state index contributed by atoms with van der Waals surface area (Å²) in [5.74, 6) is 0.627. The molecule has 0 saturated heterocycles. The van der Waals surface area contributed by atoms with Crippen molar-refractivity contribution in [2.45, 2.75) is 31.1 Å². The second kappa shape index (κ2) is 7.76. The molecule has 0 bridgehead atoms. The molecule has 1 aromatic heterocycles. The third-order valence-corrected chi connectivity index (χ3v) is 5.91. The van der Waals surface area contributed by atoms with Crippen molar-refractivity contribution in [2.24, 2.45) is 0 Å². The van der Waals surface area contributed by atoms with Gasteiger partial charge in [-0.25, -0.2) is 0 Å². The van der Waals surface area contributed by atoms with E-state index in [1.807, 2.05) is 24.3 Å². The van der Waals surface area contributed by atoms with E-state index in [-0.39, 0.29) is 16.2 Å². The summed E-state index contributed by atoms with van der Waals surface area (Å²) in [6.07, 6.45) is 0. The van der Waals surface area contributed by atoms with Crippen molar-refractivity contribution >= 4 is 10.1 Å². The molecule has 0 saturated carbocycles. The Morgan fingerprint density at radius 2 is 1.06 bits per heavy atom. The van der Waals surface area contributed by atoms with Crippen LogP contribution in [0.1, 0.15) is 26.3 Å². The van der Waals surface area contributed by atoms with Crippen molar-refractivity contribution in [2.75, 3.05) is 0 Å². The van der Waals surface area contributed by atoms with E-state index >= 15 is 0 Å². The standard InChI is InChI=1S/C24H22N2O4S/c1-24(2,3)20-12-8-17(9-13-20)16-4-6-18(7-5-16)22-25-26-23(30-22)19-10-14-21(15-11-19)31(27,28)29/h4-15H,1-3H3,(H,27,28,29). The minimum atomic E-state index is -4.24. The first-order valence-corrected chi connectivity index (χ1v) is 11.2. The van der Waals surface area contributed by atoms with E-state index < -0.39 is 10.1 Å². The van der Waals surface area contributed by atoms with Crippen LogP contribution in [0.3, 0.4) is 0 Å². The molecule has 1 N–H and O–H groups in total. The highest BCUT2D eigenvalue weighted by atomic mass is 32.2. The number of nitrogens with zero attached hydrogens (tertiary/aromatic N) is 2. The van der Waals surface area contributed by atoms with E-state index in [9.17, 15) is 8.42 Å². The monoisotopic (exact) mass is 434 g/mol. The van der Waals surface area contributed by atoms with Gasteiger partial charge in [0.05, 0.1) is 4.90 Å². The van der Waals surface area contributed by atoms with Gasteiger partial charge in [0.1, 0.15) is 0 Å². The first kappa shape index (κ1) is 21.0. The molecule has 0 unspecified atom stereocenters. The first-order chi connectivity index (χ1) is 14.6. The molecule has 0 atom stereocenters. The molecule has 0 aliphatic rings. The van der Waals surface area contributed by atoms with E-state index in [0.717, 1.165) is 16.7 Å². The molecular formula is C24H22N2O4S. The van der Waals surface area contributed by atoms with Crippen molar-refractivity contribution in [3.05, 3.63) is 78.4 Å². The maximum atomic E-state index is 11.2. The zero-order valence-corrected chi connectivity index (χ0v) is 18.2. The molecule has 158 valence electrons. The Morgan fingerprint density at radius 3 is 1.48 bits per heavy atom. The Balaban J connectivity index is 1.54. The first-order valence-electron chi connectivity index (χ1n) is 9.74. The summed E-state index contributed by atoms with van der Waals surface area (Å²) in [5.41, 5.74) is 4.96. The zero-order chi connectivity index (χ0) is 22.2. The van der Waals surface area contributed by atoms with Gasteiger partial charge in [0.15, 0.2) is 0 Å². The third-order valence-electron chi connectivity index (χ3n) is 5.04. The van der Waals surface area contributed by atoms with Gasteiger partial charge in [-0.05, 0) is 58.5 Å². The Hall–Kier alpha value is -3.29. The zero-order valence-electron chi connectivity index (χ0n) is 17.4. The molecule has 3 aromatic carbocycles. The predicted molar refractivity (Wildman–Crippen MR) is 119 cm³/mol. The highest BCUT2D eigenvalue weighted by Gasteiger charge is 2.15. The Labute approximate surface area is 181 Å². The fraction of sp³-hybridized carbons (Fsp3) is 0.167. The summed E-state index contributed by atoms with van der Waals surface area (Å²) in [7, 11) is -4.24. The molecule has 1 heterocycles. The second-order valence-corrected chi connectivity index (χ2v) is 9.74. The summed E-state index contributed by atoms with van der Waals surface area (Å²) in [5, 5.41) is 8.13. The predicted octanol–water partition coefficient (Wildman–Crippen LogP) is 5.61. The van der Waals surface area contributed by atoms with Gasteiger partial charge in [0, 0.05) is 11.1 Å². The van der Waals surface area contributed by atoms with Crippen LogP contribution in [0.5, 0.6) is 0 Å². The molecule has 0 spiro atoms. The van der Waals surface area contributed by atoms with Gasteiger partial charge >= 0.3 is 0 Å². The molecule has 0 aliphatic heterocycles. The number of aromatic nitrogens is 2. The van der Waals surface area contributed by atoms with Crippen LogP contribution in [-0.4, -0.2) is 23.2 Å². The molecular weight excluding hydrogens is 412 g/mol. The molecule has 0 fully saturated rings. The van der Waals surface area contributed by atoms with Crippen LogP contribution in [-0.2, 0) is 15.5 Å². The van der Waals surface area contributed by atoms with E-state index in [1.54, 1.807) is 0 Å². The number of benzene rings is 3. The van der Waals surface area contributed by atoms with E-state index in [4.69, 9.17) is 8.97 Å². The summed E-state index contributed by atoms with van der Waals surface area (Å²) in [6.45, 7) is 6.58. The summed E-state index contributed by atoms with van der Waals surface area (Å²) >= 11 is 0. The molecule has 7 heteroatoms. The molecule has 0 aliphatic carbocycles. The Bertz CT molecular complexity index is 1300. The van der Waals surface area contributed by atoms with E-state index in [1.165, 1.54) is 29.8 Å². The Kier molecular flexibility index (Phi) is 5.24. The van der Waals surface area contributed by atoms with Crippen LogP contribution in [0.25, 0.3) is 34.0 Å².